The van der Waals surface area contributed by atoms with Gasteiger partial charge in [-0.15, -0.1) is 0 Å². The summed E-state index contributed by atoms with van der Waals surface area (Å²) in [4.78, 5) is 0. The van der Waals surface area contributed by atoms with Crippen molar-refractivity contribution >= 4 is 5.82 Å². The van der Waals surface area contributed by atoms with E-state index in [0.717, 1.165) is 12.1 Å². The highest BCUT2D eigenvalue weighted by Crippen LogP contribution is 2.32. The summed E-state index contributed by atoms with van der Waals surface area (Å²) in [5, 5.41) is 12.8. The molecular weight excluding hydrogens is 257 g/mol. The third-order valence-electron chi connectivity index (χ3n) is 2.63. The summed E-state index contributed by atoms with van der Waals surface area (Å²) in [6, 6.07) is 4.78. The highest BCUT2D eigenvalue weighted by atomic mass is 19.4. The van der Waals surface area contributed by atoms with Crippen LogP contribution >= 0.6 is 0 Å². The molecule has 4 nitrogen and oxygen atoms in total. The molecule has 2 rings (SSSR count). The van der Waals surface area contributed by atoms with Gasteiger partial charge in [0, 0.05) is 11.8 Å². The topological polar surface area (TPSA) is 67.6 Å². The predicted molar refractivity (Wildman–Crippen MR) is 62.4 cm³/mol. The molecule has 0 amide bonds. The number of alkyl halides is 3. The largest absolute Gasteiger partial charge is 0.417 e. The van der Waals surface area contributed by atoms with Crippen LogP contribution in [0.1, 0.15) is 16.7 Å². The molecule has 0 saturated carbocycles. The van der Waals surface area contributed by atoms with E-state index in [1.807, 2.05) is 0 Å². The quantitative estimate of drug-likeness (QED) is 0.862. The number of anilines is 1. The van der Waals surface area contributed by atoms with Gasteiger partial charge in [-0.05, 0) is 25.1 Å². The average Bonchev–Trinajstić information content (AvgIpc) is 2.67. The van der Waals surface area contributed by atoms with Crippen LogP contribution in [-0.2, 0) is 6.18 Å². The number of nitrogens with two attached hydrogens (primary N) is 1. The van der Waals surface area contributed by atoms with Gasteiger partial charge in [0.1, 0.15) is 5.82 Å². The SMILES string of the molecule is Cc1cn(-c2ccc(C(F)(F)F)c(C#N)c2)nc1N. The van der Waals surface area contributed by atoms with E-state index in [1.165, 1.54) is 10.7 Å². The minimum atomic E-state index is -4.55. The fraction of sp³-hybridized carbons (Fsp3) is 0.167. The van der Waals surface area contributed by atoms with Crippen LogP contribution in [0.4, 0.5) is 19.0 Å². The maximum Gasteiger partial charge on any atom is 0.417 e. The molecule has 0 atom stereocenters. The molecule has 98 valence electrons. The summed E-state index contributed by atoms with van der Waals surface area (Å²) in [5.41, 5.74) is 5.22. The molecule has 19 heavy (non-hydrogen) atoms. The van der Waals surface area contributed by atoms with E-state index in [0.29, 0.717) is 17.1 Å². The van der Waals surface area contributed by atoms with Crippen molar-refractivity contribution in [2.75, 3.05) is 5.73 Å². The lowest BCUT2D eigenvalue weighted by Gasteiger charge is -2.10. The minimum Gasteiger partial charge on any atom is -0.382 e. The van der Waals surface area contributed by atoms with E-state index in [1.54, 1.807) is 19.2 Å². The second-order valence-electron chi connectivity index (χ2n) is 3.98. The van der Waals surface area contributed by atoms with Crippen molar-refractivity contribution in [3.8, 4) is 11.8 Å². The smallest absolute Gasteiger partial charge is 0.382 e. The van der Waals surface area contributed by atoms with E-state index in [4.69, 9.17) is 11.0 Å². The first-order valence-electron chi connectivity index (χ1n) is 5.26. The Hall–Kier alpha value is -2.49. The molecule has 0 aliphatic heterocycles. The van der Waals surface area contributed by atoms with Gasteiger partial charge in [0.25, 0.3) is 0 Å². The number of aryl methyl sites for hydroxylation is 1. The molecule has 0 aliphatic rings. The fourth-order valence-corrected chi connectivity index (χ4v) is 1.62. The Morgan fingerprint density at radius 2 is 2.05 bits per heavy atom. The minimum absolute atomic E-state index is 0.290. The summed E-state index contributed by atoms with van der Waals surface area (Å²) in [7, 11) is 0. The Balaban J connectivity index is 2.54. The zero-order valence-electron chi connectivity index (χ0n) is 9.86. The van der Waals surface area contributed by atoms with Crippen LogP contribution in [-0.4, -0.2) is 9.78 Å². The van der Waals surface area contributed by atoms with Crippen LogP contribution in [0.15, 0.2) is 24.4 Å². The van der Waals surface area contributed by atoms with Crippen molar-refractivity contribution in [3.63, 3.8) is 0 Å². The second-order valence-corrected chi connectivity index (χ2v) is 3.98. The Bertz CT molecular complexity index is 645. The number of hydrogen-bond donors (Lipinski definition) is 1. The number of rotatable bonds is 1. The van der Waals surface area contributed by atoms with Gasteiger partial charge in [0.15, 0.2) is 0 Å². The van der Waals surface area contributed by atoms with Gasteiger partial charge in [-0.2, -0.15) is 23.5 Å². The highest BCUT2D eigenvalue weighted by Gasteiger charge is 2.33. The molecule has 7 heteroatoms. The van der Waals surface area contributed by atoms with E-state index in [9.17, 15) is 13.2 Å². The van der Waals surface area contributed by atoms with Crippen LogP contribution in [0, 0.1) is 18.3 Å². The third kappa shape index (κ3) is 2.38. The standard InChI is InChI=1S/C12H9F3N4/c1-7-6-19(18-11(7)17)9-2-3-10(12(13,14)15)8(4-9)5-16/h2-4,6H,1H3,(H2,17,18). The van der Waals surface area contributed by atoms with Crippen LogP contribution in [0.2, 0.25) is 0 Å². The van der Waals surface area contributed by atoms with Crippen molar-refractivity contribution < 1.29 is 13.2 Å². The molecule has 0 fully saturated rings. The zero-order valence-corrected chi connectivity index (χ0v) is 9.86. The summed E-state index contributed by atoms with van der Waals surface area (Å²) < 4.78 is 39.3. The number of nitrogen functional groups attached to an aromatic ring is 1. The Morgan fingerprint density at radius 3 is 2.53 bits per heavy atom. The predicted octanol–water partition coefficient (Wildman–Crippen LogP) is 2.65. The Morgan fingerprint density at radius 1 is 1.37 bits per heavy atom. The van der Waals surface area contributed by atoms with Gasteiger partial charge in [0.05, 0.1) is 22.9 Å². The maximum absolute atomic E-state index is 12.6. The average molecular weight is 266 g/mol. The van der Waals surface area contributed by atoms with E-state index >= 15 is 0 Å². The van der Waals surface area contributed by atoms with Gasteiger partial charge >= 0.3 is 6.18 Å². The molecule has 0 radical (unpaired) electrons. The number of hydrogen-bond acceptors (Lipinski definition) is 3. The molecule has 0 saturated heterocycles. The van der Waals surface area contributed by atoms with Crippen molar-refractivity contribution in [1.82, 2.24) is 9.78 Å². The first-order valence-corrected chi connectivity index (χ1v) is 5.26. The first kappa shape index (κ1) is 13.0. The summed E-state index contributed by atoms with van der Waals surface area (Å²) in [6.07, 6.45) is -2.97. The maximum atomic E-state index is 12.6. The lowest BCUT2D eigenvalue weighted by molar-refractivity contribution is -0.137. The van der Waals surface area contributed by atoms with E-state index < -0.39 is 17.3 Å². The molecule has 0 spiro atoms. The summed E-state index contributed by atoms with van der Waals surface area (Å²) in [6.45, 7) is 1.73. The number of halogens is 3. The highest BCUT2D eigenvalue weighted by molar-refractivity contribution is 5.49. The number of nitrogens with zero attached hydrogens (tertiary/aromatic N) is 3. The molecule has 2 N–H and O–H groups in total. The van der Waals surface area contributed by atoms with Crippen LogP contribution in [0.5, 0.6) is 0 Å². The monoisotopic (exact) mass is 266 g/mol. The summed E-state index contributed by atoms with van der Waals surface area (Å²) in [5.74, 6) is 0.290. The number of nitriles is 1. The third-order valence-corrected chi connectivity index (χ3v) is 2.63. The summed E-state index contributed by atoms with van der Waals surface area (Å²) >= 11 is 0. The van der Waals surface area contributed by atoms with Crippen LogP contribution < -0.4 is 5.73 Å². The second kappa shape index (κ2) is 4.31. The lowest BCUT2D eigenvalue weighted by atomic mass is 10.1. The Labute approximate surface area is 106 Å². The van der Waals surface area contributed by atoms with Gasteiger partial charge < -0.3 is 5.73 Å². The van der Waals surface area contributed by atoms with E-state index in [-0.39, 0.29) is 0 Å². The molecule has 2 aromatic rings. The van der Waals surface area contributed by atoms with Gasteiger partial charge in [-0.25, -0.2) is 4.68 Å². The fourth-order valence-electron chi connectivity index (χ4n) is 1.62. The lowest BCUT2D eigenvalue weighted by Crippen LogP contribution is -2.08. The van der Waals surface area contributed by atoms with Crippen molar-refractivity contribution in [3.05, 3.63) is 41.1 Å². The molecule has 0 aliphatic carbocycles. The number of benzene rings is 1. The van der Waals surface area contributed by atoms with Gasteiger partial charge in [-0.1, -0.05) is 0 Å². The van der Waals surface area contributed by atoms with Crippen molar-refractivity contribution in [2.45, 2.75) is 13.1 Å². The molecule has 1 aromatic carbocycles. The molecule has 1 aromatic heterocycles. The van der Waals surface area contributed by atoms with Crippen molar-refractivity contribution in [1.29, 1.82) is 5.26 Å². The molecule has 0 bridgehead atoms. The van der Waals surface area contributed by atoms with Crippen LogP contribution in [0.25, 0.3) is 5.69 Å². The zero-order chi connectivity index (χ0) is 14.2. The molecular formula is C12H9F3N4. The Kier molecular flexibility index (Phi) is 2.94. The first-order chi connectivity index (χ1) is 8.82. The molecule has 0 unspecified atom stereocenters. The van der Waals surface area contributed by atoms with Gasteiger partial charge in [-0.3, -0.25) is 0 Å². The normalized spacial score (nSPS) is 11.3. The van der Waals surface area contributed by atoms with Crippen molar-refractivity contribution in [2.24, 2.45) is 0 Å². The van der Waals surface area contributed by atoms with Crippen LogP contribution in [0.3, 0.4) is 0 Å². The molecule has 1 heterocycles. The number of aromatic nitrogens is 2. The van der Waals surface area contributed by atoms with Gasteiger partial charge in [0.2, 0.25) is 0 Å². The van der Waals surface area contributed by atoms with E-state index in [2.05, 4.69) is 5.10 Å².